The number of benzene rings is 2. The van der Waals surface area contributed by atoms with Gasteiger partial charge in [-0.2, -0.15) is 0 Å². The first kappa shape index (κ1) is 19.3. The van der Waals surface area contributed by atoms with Crippen molar-refractivity contribution in [2.24, 2.45) is 0 Å². The minimum Gasteiger partial charge on any atom is -0.494 e. The van der Waals surface area contributed by atoms with Crippen molar-refractivity contribution < 1.29 is 9.53 Å². The van der Waals surface area contributed by atoms with Crippen molar-refractivity contribution in [3.8, 4) is 5.75 Å². The van der Waals surface area contributed by atoms with Crippen LogP contribution in [0.3, 0.4) is 0 Å². The number of carbonyl (C=O) groups is 1. The largest absolute Gasteiger partial charge is 0.494 e. The van der Waals surface area contributed by atoms with E-state index >= 15 is 0 Å². The SMILES string of the molecule is CCOc1ccc([C@H]2Nn3c(C)nnc3S[C@@H]2C(=O)Nc2ccc(C)cc2)cc1. The number of aromatic nitrogens is 3. The third-order valence-corrected chi connectivity index (χ3v) is 5.94. The van der Waals surface area contributed by atoms with Gasteiger partial charge >= 0.3 is 0 Å². The van der Waals surface area contributed by atoms with Crippen LogP contribution in [-0.4, -0.2) is 32.6 Å². The Morgan fingerprint density at radius 1 is 1.14 bits per heavy atom. The molecule has 2 aromatic carbocycles. The number of thioether (sulfide) groups is 1. The minimum atomic E-state index is -0.412. The molecule has 0 spiro atoms. The molecule has 7 nitrogen and oxygen atoms in total. The van der Waals surface area contributed by atoms with Crippen LogP contribution >= 0.6 is 11.8 Å². The summed E-state index contributed by atoms with van der Waals surface area (Å²) in [5.41, 5.74) is 6.32. The van der Waals surface area contributed by atoms with Gasteiger partial charge in [0, 0.05) is 5.69 Å². The Bertz CT molecular complexity index is 1000. The van der Waals surface area contributed by atoms with Crippen molar-refractivity contribution in [1.29, 1.82) is 0 Å². The second-order valence-corrected chi connectivity index (χ2v) is 7.98. The van der Waals surface area contributed by atoms with E-state index < -0.39 is 5.25 Å². The van der Waals surface area contributed by atoms with Gasteiger partial charge in [-0.25, -0.2) is 4.68 Å². The number of amides is 1. The van der Waals surface area contributed by atoms with Gasteiger partial charge in [0.05, 0.1) is 12.6 Å². The molecule has 0 saturated carbocycles. The molecule has 1 aliphatic rings. The fraction of sp³-hybridized carbons (Fsp3) is 0.286. The number of hydrogen-bond acceptors (Lipinski definition) is 6. The van der Waals surface area contributed by atoms with Crippen LogP contribution in [0.5, 0.6) is 5.75 Å². The minimum absolute atomic E-state index is 0.0860. The zero-order valence-electron chi connectivity index (χ0n) is 16.5. The highest BCUT2D eigenvalue weighted by Gasteiger charge is 2.37. The van der Waals surface area contributed by atoms with E-state index in [-0.39, 0.29) is 11.9 Å². The summed E-state index contributed by atoms with van der Waals surface area (Å²) in [5, 5.41) is 11.6. The average Bonchev–Trinajstić information content (AvgIpc) is 3.10. The van der Waals surface area contributed by atoms with E-state index in [9.17, 15) is 4.79 Å². The highest BCUT2D eigenvalue weighted by molar-refractivity contribution is 8.00. The van der Waals surface area contributed by atoms with E-state index in [0.29, 0.717) is 11.8 Å². The summed E-state index contributed by atoms with van der Waals surface area (Å²) in [6, 6.07) is 15.4. The molecule has 2 heterocycles. The molecule has 29 heavy (non-hydrogen) atoms. The Hall–Kier alpha value is -3.00. The normalized spacial score (nSPS) is 17.9. The highest BCUT2D eigenvalue weighted by atomic mass is 32.2. The Balaban J connectivity index is 1.62. The predicted octanol–water partition coefficient (Wildman–Crippen LogP) is 3.69. The predicted molar refractivity (Wildman–Crippen MR) is 114 cm³/mol. The first-order valence-electron chi connectivity index (χ1n) is 9.50. The van der Waals surface area contributed by atoms with Gasteiger partial charge in [0.25, 0.3) is 0 Å². The first-order chi connectivity index (χ1) is 14.0. The van der Waals surface area contributed by atoms with Gasteiger partial charge in [0.15, 0.2) is 0 Å². The lowest BCUT2D eigenvalue weighted by molar-refractivity contribution is -0.116. The van der Waals surface area contributed by atoms with Crippen molar-refractivity contribution in [2.75, 3.05) is 17.3 Å². The molecule has 1 aliphatic heterocycles. The monoisotopic (exact) mass is 409 g/mol. The van der Waals surface area contributed by atoms with Crippen LogP contribution in [0.15, 0.2) is 53.7 Å². The van der Waals surface area contributed by atoms with Gasteiger partial charge in [-0.1, -0.05) is 41.6 Å². The standard InChI is InChI=1S/C21H23N5O2S/c1-4-28-17-11-7-15(8-12-17)18-19(29-21-24-23-14(3)26(21)25-18)20(27)22-16-9-5-13(2)6-10-16/h5-12,18-19,25H,4H2,1-3H3,(H,22,27)/t18-,19+/m1/s1. The molecular formula is C21H23N5O2S. The molecule has 1 amide bonds. The van der Waals surface area contributed by atoms with E-state index in [0.717, 1.165) is 28.4 Å². The van der Waals surface area contributed by atoms with Crippen LogP contribution in [0.1, 0.15) is 29.9 Å². The maximum absolute atomic E-state index is 13.2. The molecule has 8 heteroatoms. The summed E-state index contributed by atoms with van der Waals surface area (Å²) >= 11 is 1.41. The van der Waals surface area contributed by atoms with E-state index in [2.05, 4.69) is 20.9 Å². The lowest BCUT2D eigenvalue weighted by atomic mass is 10.0. The summed E-state index contributed by atoms with van der Waals surface area (Å²) in [6.45, 7) is 6.46. The second-order valence-electron chi connectivity index (χ2n) is 6.87. The van der Waals surface area contributed by atoms with Crippen molar-refractivity contribution in [3.63, 3.8) is 0 Å². The fourth-order valence-corrected chi connectivity index (χ4v) is 4.32. The molecule has 0 radical (unpaired) electrons. The summed E-state index contributed by atoms with van der Waals surface area (Å²) in [4.78, 5) is 13.2. The molecule has 0 fully saturated rings. The third kappa shape index (κ3) is 4.07. The molecule has 1 aromatic heterocycles. The molecule has 0 unspecified atom stereocenters. The fourth-order valence-electron chi connectivity index (χ4n) is 3.20. The first-order valence-corrected chi connectivity index (χ1v) is 10.4. The molecule has 150 valence electrons. The number of carbonyl (C=O) groups excluding carboxylic acids is 1. The maximum Gasteiger partial charge on any atom is 0.240 e. The van der Waals surface area contributed by atoms with E-state index in [1.165, 1.54) is 11.8 Å². The average molecular weight is 410 g/mol. The van der Waals surface area contributed by atoms with E-state index in [1.54, 1.807) is 0 Å². The second kappa shape index (κ2) is 8.16. The lowest BCUT2D eigenvalue weighted by Gasteiger charge is -2.32. The van der Waals surface area contributed by atoms with Gasteiger partial charge in [0.2, 0.25) is 11.1 Å². The van der Waals surface area contributed by atoms with Gasteiger partial charge in [-0.15, -0.1) is 10.2 Å². The number of fused-ring (bicyclic) bond motifs is 1. The lowest BCUT2D eigenvalue weighted by Crippen LogP contribution is -2.41. The number of anilines is 1. The van der Waals surface area contributed by atoms with Crippen LogP contribution in [0.2, 0.25) is 0 Å². The van der Waals surface area contributed by atoms with Gasteiger partial charge < -0.3 is 15.5 Å². The van der Waals surface area contributed by atoms with Crippen molar-refractivity contribution in [3.05, 3.63) is 65.5 Å². The molecule has 0 saturated heterocycles. The number of nitrogens with one attached hydrogen (secondary N) is 2. The number of rotatable bonds is 5. The summed E-state index contributed by atoms with van der Waals surface area (Å²) in [5.74, 6) is 1.47. The van der Waals surface area contributed by atoms with E-state index in [4.69, 9.17) is 4.74 Å². The van der Waals surface area contributed by atoms with Gasteiger partial charge in [-0.05, 0) is 50.6 Å². The Morgan fingerprint density at radius 3 is 2.55 bits per heavy atom. The highest BCUT2D eigenvalue weighted by Crippen LogP contribution is 2.37. The van der Waals surface area contributed by atoms with Crippen LogP contribution in [-0.2, 0) is 4.79 Å². The summed E-state index contributed by atoms with van der Waals surface area (Å²) < 4.78 is 7.38. The van der Waals surface area contributed by atoms with Crippen LogP contribution in [0.25, 0.3) is 0 Å². The molecule has 2 atom stereocenters. The molecule has 3 aromatic rings. The summed E-state index contributed by atoms with van der Waals surface area (Å²) in [6.07, 6.45) is 0. The Labute approximate surface area is 173 Å². The zero-order valence-corrected chi connectivity index (χ0v) is 17.4. The van der Waals surface area contributed by atoms with Crippen LogP contribution in [0.4, 0.5) is 5.69 Å². The topological polar surface area (TPSA) is 81.1 Å². The van der Waals surface area contributed by atoms with E-state index in [1.807, 2.05) is 74.0 Å². The van der Waals surface area contributed by atoms with Crippen molar-refractivity contribution in [2.45, 2.75) is 37.2 Å². The van der Waals surface area contributed by atoms with Crippen molar-refractivity contribution >= 4 is 23.4 Å². The van der Waals surface area contributed by atoms with Gasteiger partial charge in [0.1, 0.15) is 16.8 Å². The smallest absolute Gasteiger partial charge is 0.240 e. The molecular weight excluding hydrogens is 386 g/mol. The number of aryl methyl sites for hydroxylation is 2. The maximum atomic E-state index is 13.2. The summed E-state index contributed by atoms with van der Waals surface area (Å²) in [7, 11) is 0. The molecule has 0 aliphatic carbocycles. The van der Waals surface area contributed by atoms with Gasteiger partial charge in [-0.3, -0.25) is 4.79 Å². The van der Waals surface area contributed by atoms with Crippen LogP contribution in [0, 0.1) is 13.8 Å². The zero-order chi connectivity index (χ0) is 20.4. The number of ether oxygens (including phenoxy) is 1. The quantitative estimate of drug-likeness (QED) is 0.669. The number of hydrogen-bond donors (Lipinski definition) is 2. The Morgan fingerprint density at radius 2 is 1.86 bits per heavy atom. The van der Waals surface area contributed by atoms with Crippen LogP contribution < -0.4 is 15.5 Å². The molecule has 0 bridgehead atoms. The molecule has 2 N–H and O–H groups in total. The third-order valence-electron chi connectivity index (χ3n) is 4.73. The molecule has 4 rings (SSSR count). The van der Waals surface area contributed by atoms with Crippen molar-refractivity contribution in [1.82, 2.24) is 14.9 Å². The number of nitrogens with zero attached hydrogens (tertiary/aromatic N) is 3. The Kier molecular flexibility index (Phi) is 5.44.